The maximum absolute atomic E-state index is 13.2. The summed E-state index contributed by atoms with van der Waals surface area (Å²) >= 11 is 0. The highest BCUT2D eigenvalue weighted by Crippen LogP contribution is 2.45. The first kappa shape index (κ1) is 22.9. The van der Waals surface area contributed by atoms with Crippen LogP contribution in [0.15, 0.2) is 42.5 Å². The van der Waals surface area contributed by atoms with Gasteiger partial charge in [-0.3, -0.25) is 9.59 Å². The van der Waals surface area contributed by atoms with Gasteiger partial charge in [0.05, 0.1) is 16.5 Å². The van der Waals surface area contributed by atoms with Gasteiger partial charge in [0.25, 0.3) is 5.91 Å². The van der Waals surface area contributed by atoms with Crippen molar-refractivity contribution in [3.05, 3.63) is 59.2 Å². The van der Waals surface area contributed by atoms with Gasteiger partial charge < -0.3 is 15.0 Å². The minimum absolute atomic E-state index is 0.0411. The van der Waals surface area contributed by atoms with E-state index in [0.717, 1.165) is 5.56 Å². The Bertz CT molecular complexity index is 1090. The van der Waals surface area contributed by atoms with Gasteiger partial charge in [0.2, 0.25) is 5.91 Å². The number of hydrogen-bond donors (Lipinski definition) is 1. The second kappa shape index (κ2) is 7.96. The molecule has 33 heavy (non-hydrogen) atoms. The number of nitrogens with zero attached hydrogens (tertiary/aromatic N) is 1. The molecule has 1 saturated heterocycles. The van der Waals surface area contributed by atoms with E-state index >= 15 is 0 Å². The molecule has 2 aromatic rings. The molecule has 11 heteroatoms. The van der Waals surface area contributed by atoms with Crippen LogP contribution < -0.4 is 10.1 Å². The summed E-state index contributed by atoms with van der Waals surface area (Å²) < 4.78 is 83.1. The van der Waals surface area contributed by atoms with Crippen molar-refractivity contribution in [3.63, 3.8) is 0 Å². The summed E-state index contributed by atoms with van der Waals surface area (Å²) in [6, 6.07) is 8.23. The monoisotopic (exact) mass is 472 g/mol. The first-order chi connectivity index (χ1) is 15.4. The highest BCUT2D eigenvalue weighted by Gasteiger charge is 2.48. The van der Waals surface area contributed by atoms with Gasteiger partial charge in [0, 0.05) is 18.8 Å². The second-order valence-electron chi connectivity index (χ2n) is 7.96. The standard InChI is InChI=1S/C22H18F6N2O3/c23-21(24,25)13-5-6-17(15(11-13)22(26,27)28)33-12-18(31)30-9-7-20(8-10-30)14-3-1-2-4-16(14)29-19(20)32/h1-6,11H,7-10,12H2,(H,29,32). The van der Waals surface area contributed by atoms with Gasteiger partial charge in [-0.1, -0.05) is 18.2 Å². The minimum Gasteiger partial charge on any atom is -0.483 e. The number of alkyl halides is 6. The number of carbonyl (C=O) groups is 2. The first-order valence-electron chi connectivity index (χ1n) is 10.0. The van der Waals surface area contributed by atoms with E-state index < -0.39 is 47.2 Å². The molecule has 176 valence electrons. The van der Waals surface area contributed by atoms with Crippen LogP contribution in [0, 0.1) is 0 Å². The fourth-order valence-corrected chi connectivity index (χ4v) is 4.29. The number of hydrogen-bond acceptors (Lipinski definition) is 3. The highest BCUT2D eigenvalue weighted by molar-refractivity contribution is 6.06. The number of carbonyl (C=O) groups excluding carboxylic acids is 2. The normalized spacial score (nSPS) is 17.6. The fraction of sp³-hybridized carbons (Fsp3) is 0.364. The molecule has 0 aromatic heterocycles. The lowest BCUT2D eigenvalue weighted by Gasteiger charge is -2.38. The topological polar surface area (TPSA) is 58.6 Å². The van der Waals surface area contributed by atoms with Crippen LogP contribution in [0.2, 0.25) is 0 Å². The smallest absolute Gasteiger partial charge is 0.419 e. The van der Waals surface area contributed by atoms with Crippen LogP contribution in [-0.4, -0.2) is 36.4 Å². The van der Waals surface area contributed by atoms with Crippen LogP contribution in [0.3, 0.4) is 0 Å². The number of para-hydroxylation sites is 1. The van der Waals surface area contributed by atoms with Crippen LogP contribution in [0.25, 0.3) is 0 Å². The summed E-state index contributed by atoms with van der Waals surface area (Å²) in [6.07, 6.45) is -9.39. The third-order valence-corrected chi connectivity index (χ3v) is 6.06. The number of anilines is 1. The number of amides is 2. The molecular weight excluding hydrogens is 454 g/mol. The largest absolute Gasteiger partial charge is 0.483 e. The molecule has 2 heterocycles. The van der Waals surface area contributed by atoms with E-state index in [9.17, 15) is 35.9 Å². The van der Waals surface area contributed by atoms with Crippen molar-refractivity contribution in [1.29, 1.82) is 0 Å². The van der Waals surface area contributed by atoms with Crippen LogP contribution in [-0.2, 0) is 27.4 Å². The predicted molar refractivity (Wildman–Crippen MR) is 105 cm³/mol. The summed E-state index contributed by atoms with van der Waals surface area (Å²) in [4.78, 5) is 26.5. The molecule has 1 N–H and O–H groups in total. The van der Waals surface area contributed by atoms with E-state index in [0.29, 0.717) is 30.7 Å². The quantitative estimate of drug-likeness (QED) is 0.664. The Morgan fingerprint density at radius 1 is 1.00 bits per heavy atom. The van der Waals surface area contributed by atoms with Gasteiger partial charge in [0.15, 0.2) is 6.61 Å². The zero-order valence-electron chi connectivity index (χ0n) is 17.0. The Morgan fingerprint density at radius 3 is 2.30 bits per heavy atom. The Hall–Kier alpha value is -3.24. The van der Waals surface area contributed by atoms with Gasteiger partial charge in [-0.25, -0.2) is 0 Å². The summed E-state index contributed by atoms with van der Waals surface area (Å²) in [5.41, 5.74) is -2.29. The maximum Gasteiger partial charge on any atom is 0.419 e. The second-order valence-corrected chi connectivity index (χ2v) is 7.96. The average Bonchev–Trinajstić information content (AvgIpc) is 3.02. The van der Waals surface area contributed by atoms with Crippen LogP contribution in [0.1, 0.15) is 29.5 Å². The number of likely N-dealkylation sites (tertiary alicyclic amines) is 1. The number of fused-ring (bicyclic) bond motifs is 2. The molecule has 5 nitrogen and oxygen atoms in total. The highest BCUT2D eigenvalue weighted by atomic mass is 19.4. The summed E-state index contributed by atoms with van der Waals surface area (Å²) in [6.45, 7) is -0.406. The Morgan fingerprint density at radius 2 is 1.67 bits per heavy atom. The van der Waals surface area contributed by atoms with Crippen molar-refractivity contribution in [2.24, 2.45) is 0 Å². The van der Waals surface area contributed by atoms with Gasteiger partial charge >= 0.3 is 12.4 Å². The van der Waals surface area contributed by atoms with E-state index in [-0.39, 0.29) is 25.1 Å². The molecule has 4 rings (SSSR count). The third-order valence-electron chi connectivity index (χ3n) is 6.06. The SMILES string of the molecule is O=C(COc1ccc(C(F)(F)F)cc1C(F)(F)F)N1CCC2(CC1)C(=O)Nc1ccccc12. The lowest BCUT2D eigenvalue weighted by molar-refractivity contribution is -0.145. The summed E-state index contributed by atoms with van der Waals surface area (Å²) in [7, 11) is 0. The number of benzene rings is 2. The van der Waals surface area contributed by atoms with Gasteiger partial charge in [-0.05, 0) is 42.7 Å². The van der Waals surface area contributed by atoms with Gasteiger partial charge in [-0.15, -0.1) is 0 Å². The fourth-order valence-electron chi connectivity index (χ4n) is 4.29. The molecule has 0 radical (unpaired) electrons. The van der Waals surface area contributed by atoms with Crippen molar-refractivity contribution < 1.29 is 40.7 Å². The average molecular weight is 472 g/mol. The Kier molecular flexibility index (Phi) is 5.53. The van der Waals surface area contributed by atoms with Crippen LogP contribution >= 0.6 is 0 Å². The van der Waals surface area contributed by atoms with Gasteiger partial charge in [0.1, 0.15) is 5.75 Å². The minimum atomic E-state index is -5.10. The number of rotatable bonds is 3. The van der Waals surface area contributed by atoms with Crippen molar-refractivity contribution in [2.75, 3.05) is 25.0 Å². The van der Waals surface area contributed by atoms with Gasteiger partial charge in [-0.2, -0.15) is 26.3 Å². The zero-order valence-corrected chi connectivity index (χ0v) is 17.0. The van der Waals surface area contributed by atoms with E-state index in [1.54, 1.807) is 12.1 Å². The van der Waals surface area contributed by atoms with E-state index in [2.05, 4.69) is 5.32 Å². The predicted octanol–water partition coefficient (Wildman–Crippen LogP) is 4.62. The number of halogens is 6. The summed E-state index contributed by atoms with van der Waals surface area (Å²) in [5, 5.41) is 2.83. The molecule has 0 saturated carbocycles. The third kappa shape index (κ3) is 4.23. The number of piperidine rings is 1. The molecule has 1 spiro atoms. The molecule has 0 bridgehead atoms. The molecule has 2 aliphatic heterocycles. The van der Waals surface area contributed by atoms with Crippen molar-refractivity contribution in [3.8, 4) is 5.75 Å². The Labute approximate surface area is 184 Å². The van der Waals surface area contributed by atoms with E-state index in [1.807, 2.05) is 12.1 Å². The molecule has 2 aromatic carbocycles. The molecule has 0 aliphatic carbocycles. The molecule has 1 fully saturated rings. The lowest BCUT2D eigenvalue weighted by atomic mass is 9.73. The van der Waals surface area contributed by atoms with Crippen molar-refractivity contribution in [2.45, 2.75) is 30.6 Å². The molecule has 0 atom stereocenters. The van der Waals surface area contributed by atoms with Crippen molar-refractivity contribution in [1.82, 2.24) is 4.90 Å². The summed E-state index contributed by atoms with van der Waals surface area (Å²) in [5.74, 6) is -1.64. The molecular formula is C22H18F6N2O3. The van der Waals surface area contributed by atoms with E-state index in [1.165, 1.54) is 4.90 Å². The van der Waals surface area contributed by atoms with E-state index in [4.69, 9.17) is 4.74 Å². The Balaban J connectivity index is 1.43. The van der Waals surface area contributed by atoms with Crippen molar-refractivity contribution >= 4 is 17.5 Å². The first-order valence-corrected chi connectivity index (χ1v) is 10.0. The lowest BCUT2D eigenvalue weighted by Crippen LogP contribution is -2.49. The maximum atomic E-state index is 13.2. The number of nitrogens with one attached hydrogen (secondary N) is 1. The number of ether oxygens (including phenoxy) is 1. The molecule has 0 unspecified atom stereocenters. The molecule has 2 amide bonds. The molecule has 2 aliphatic rings. The zero-order chi connectivity index (χ0) is 24.0. The van der Waals surface area contributed by atoms with Crippen LogP contribution in [0.4, 0.5) is 32.0 Å². The van der Waals surface area contributed by atoms with Crippen LogP contribution in [0.5, 0.6) is 5.75 Å².